The number of rotatable bonds is 4. The van der Waals surface area contributed by atoms with Gasteiger partial charge in [0.25, 0.3) is 0 Å². The molecule has 0 radical (unpaired) electrons. The molecular formula is C15H23FN2. The van der Waals surface area contributed by atoms with Gasteiger partial charge >= 0.3 is 0 Å². The van der Waals surface area contributed by atoms with Crippen LogP contribution in [0.4, 0.5) is 4.39 Å². The fourth-order valence-corrected chi connectivity index (χ4v) is 2.91. The molecule has 2 nitrogen and oxygen atoms in total. The van der Waals surface area contributed by atoms with Crippen LogP contribution in [-0.2, 0) is 0 Å². The lowest BCUT2D eigenvalue weighted by molar-refractivity contribution is 0.432. The Balaban J connectivity index is 2.10. The highest BCUT2D eigenvalue weighted by molar-refractivity contribution is 5.30. The summed E-state index contributed by atoms with van der Waals surface area (Å²) in [6, 6.07) is 5.53. The summed E-state index contributed by atoms with van der Waals surface area (Å²) in [4.78, 5) is 0. The molecule has 0 aliphatic heterocycles. The number of hydrogen-bond donors (Lipinski definition) is 2. The molecule has 1 saturated carbocycles. The van der Waals surface area contributed by atoms with Crippen LogP contribution in [0, 0.1) is 18.7 Å². The third kappa shape index (κ3) is 3.09. The summed E-state index contributed by atoms with van der Waals surface area (Å²) in [7, 11) is 0. The Bertz CT molecular complexity index is 405. The summed E-state index contributed by atoms with van der Waals surface area (Å²) in [5.74, 6) is 0.602. The van der Waals surface area contributed by atoms with Crippen LogP contribution in [0.1, 0.15) is 43.4 Å². The average molecular weight is 250 g/mol. The number of nitrogens with two attached hydrogens (primary N) is 1. The third-order valence-electron chi connectivity index (χ3n) is 3.98. The molecule has 2 rings (SSSR count). The van der Waals surface area contributed by atoms with E-state index >= 15 is 0 Å². The van der Waals surface area contributed by atoms with Crippen LogP contribution in [-0.4, -0.2) is 12.6 Å². The van der Waals surface area contributed by atoms with Gasteiger partial charge in [0.15, 0.2) is 0 Å². The maximum atomic E-state index is 13.4. The Labute approximate surface area is 109 Å². The first kappa shape index (κ1) is 13.5. The molecule has 100 valence electrons. The summed E-state index contributed by atoms with van der Waals surface area (Å²) < 4.78 is 13.4. The van der Waals surface area contributed by atoms with E-state index in [9.17, 15) is 4.39 Å². The van der Waals surface area contributed by atoms with Crippen molar-refractivity contribution in [2.75, 3.05) is 6.54 Å². The highest BCUT2D eigenvalue weighted by atomic mass is 19.1. The first-order valence-electron chi connectivity index (χ1n) is 6.82. The molecule has 0 spiro atoms. The fraction of sp³-hybridized carbons (Fsp3) is 0.600. The molecule has 18 heavy (non-hydrogen) atoms. The van der Waals surface area contributed by atoms with E-state index in [-0.39, 0.29) is 11.9 Å². The van der Waals surface area contributed by atoms with Gasteiger partial charge in [0.1, 0.15) is 5.82 Å². The van der Waals surface area contributed by atoms with Gasteiger partial charge in [-0.15, -0.1) is 0 Å². The van der Waals surface area contributed by atoms with Crippen LogP contribution < -0.4 is 11.1 Å². The van der Waals surface area contributed by atoms with Crippen molar-refractivity contribution in [1.29, 1.82) is 0 Å². The lowest BCUT2D eigenvalue weighted by atomic mass is 10.00. The van der Waals surface area contributed by atoms with Gasteiger partial charge in [0.2, 0.25) is 0 Å². The summed E-state index contributed by atoms with van der Waals surface area (Å²) in [5.41, 5.74) is 7.95. The molecule has 0 aromatic heterocycles. The summed E-state index contributed by atoms with van der Waals surface area (Å²) in [5, 5.41) is 3.59. The van der Waals surface area contributed by atoms with Gasteiger partial charge in [-0.1, -0.05) is 13.0 Å². The molecule has 3 atom stereocenters. The van der Waals surface area contributed by atoms with Crippen molar-refractivity contribution in [3.8, 4) is 0 Å². The fourth-order valence-electron chi connectivity index (χ4n) is 2.91. The Morgan fingerprint density at radius 3 is 2.83 bits per heavy atom. The minimum absolute atomic E-state index is 0.0657. The SMILES string of the molecule is Cc1ccc(F)cc1C(CN)NC1CCC(C)C1. The Morgan fingerprint density at radius 2 is 2.22 bits per heavy atom. The van der Waals surface area contributed by atoms with E-state index < -0.39 is 0 Å². The molecule has 1 fully saturated rings. The smallest absolute Gasteiger partial charge is 0.123 e. The van der Waals surface area contributed by atoms with E-state index in [0.29, 0.717) is 12.6 Å². The summed E-state index contributed by atoms with van der Waals surface area (Å²) in [6.45, 7) is 4.80. The maximum Gasteiger partial charge on any atom is 0.123 e. The van der Waals surface area contributed by atoms with E-state index in [4.69, 9.17) is 5.73 Å². The van der Waals surface area contributed by atoms with Crippen LogP contribution in [0.15, 0.2) is 18.2 Å². The maximum absolute atomic E-state index is 13.4. The zero-order chi connectivity index (χ0) is 13.1. The number of aryl methyl sites for hydroxylation is 1. The quantitative estimate of drug-likeness (QED) is 0.862. The third-order valence-corrected chi connectivity index (χ3v) is 3.98. The molecular weight excluding hydrogens is 227 g/mol. The van der Waals surface area contributed by atoms with Crippen molar-refractivity contribution in [3.63, 3.8) is 0 Å². The molecule has 0 saturated heterocycles. The highest BCUT2D eigenvalue weighted by Crippen LogP contribution is 2.27. The van der Waals surface area contributed by atoms with Gasteiger partial charge in [-0.05, 0) is 55.4 Å². The second-order valence-electron chi connectivity index (χ2n) is 5.57. The zero-order valence-corrected chi connectivity index (χ0v) is 11.2. The standard InChI is InChI=1S/C15H23FN2/c1-10-3-6-13(7-10)18-15(9-17)14-8-12(16)5-4-11(14)2/h4-5,8,10,13,15,18H,3,6-7,9,17H2,1-2H3. The molecule has 1 aliphatic carbocycles. The van der Waals surface area contributed by atoms with Crippen LogP contribution in [0.2, 0.25) is 0 Å². The number of halogens is 1. The van der Waals surface area contributed by atoms with Gasteiger partial charge in [0.05, 0.1) is 0 Å². The number of hydrogen-bond acceptors (Lipinski definition) is 2. The van der Waals surface area contributed by atoms with Crippen molar-refractivity contribution in [1.82, 2.24) is 5.32 Å². The van der Waals surface area contributed by atoms with Crippen LogP contribution in [0.25, 0.3) is 0 Å². The van der Waals surface area contributed by atoms with Crippen LogP contribution >= 0.6 is 0 Å². The van der Waals surface area contributed by atoms with Crippen molar-refractivity contribution < 1.29 is 4.39 Å². The molecule has 1 aliphatic rings. The lowest BCUT2D eigenvalue weighted by Crippen LogP contribution is -2.35. The van der Waals surface area contributed by atoms with Crippen molar-refractivity contribution >= 4 is 0 Å². The molecule has 0 amide bonds. The summed E-state index contributed by atoms with van der Waals surface area (Å²) >= 11 is 0. The van der Waals surface area contributed by atoms with Crippen molar-refractivity contribution in [3.05, 3.63) is 35.1 Å². The van der Waals surface area contributed by atoms with E-state index in [1.54, 1.807) is 6.07 Å². The monoisotopic (exact) mass is 250 g/mol. The molecule has 0 heterocycles. The predicted molar refractivity (Wildman–Crippen MR) is 72.9 cm³/mol. The van der Waals surface area contributed by atoms with Gasteiger partial charge in [-0.3, -0.25) is 0 Å². The molecule has 1 aromatic carbocycles. The van der Waals surface area contributed by atoms with Gasteiger partial charge in [-0.25, -0.2) is 4.39 Å². The first-order chi connectivity index (χ1) is 8.60. The molecule has 3 N–H and O–H groups in total. The molecule has 3 heteroatoms. The Kier molecular flexibility index (Phi) is 4.36. The second kappa shape index (κ2) is 5.81. The lowest BCUT2D eigenvalue weighted by Gasteiger charge is -2.23. The van der Waals surface area contributed by atoms with Gasteiger partial charge < -0.3 is 11.1 Å². The van der Waals surface area contributed by atoms with Crippen LogP contribution in [0.5, 0.6) is 0 Å². The van der Waals surface area contributed by atoms with E-state index in [0.717, 1.165) is 17.0 Å². The van der Waals surface area contributed by atoms with E-state index in [1.165, 1.54) is 25.3 Å². The summed E-state index contributed by atoms with van der Waals surface area (Å²) in [6.07, 6.45) is 3.67. The molecule has 0 bridgehead atoms. The largest absolute Gasteiger partial charge is 0.329 e. The zero-order valence-electron chi connectivity index (χ0n) is 11.2. The van der Waals surface area contributed by atoms with E-state index in [1.807, 2.05) is 13.0 Å². The minimum Gasteiger partial charge on any atom is -0.329 e. The molecule has 3 unspecified atom stereocenters. The average Bonchev–Trinajstić information content (AvgIpc) is 2.75. The van der Waals surface area contributed by atoms with E-state index in [2.05, 4.69) is 12.2 Å². The normalized spacial score (nSPS) is 25.3. The highest BCUT2D eigenvalue weighted by Gasteiger charge is 2.24. The number of nitrogens with one attached hydrogen (secondary N) is 1. The number of benzene rings is 1. The van der Waals surface area contributed by atoms with Crippen molar-refractivity contribution in [2.24, 2.45) is 11.7 Å². The Morgan fingerprint density at radius 1 is 1.44 bits per heavy atom. The second-order valence-corrected chi connectivity index (χ2v) is 5.57. The minimum atomic E-state index is -0.185. The topological polar surface area (TPSA) is 38.0 Å². The Hall–Kier alpha value is -0.930. The van der Waals surface area contributed by atoms with Gasteiger partial charge in [0, 0.05) is 18.6 Å². The molecule has 1 aromatic rings. The van der Waals surface area contributed by atoms with Crippen molar-refractivity contribution in [2.45, 2.75) is 45.2 Å². The predicted octanol–water partition coefficient (Wildman–Crippen LogP) is 2.91. The first-order valence-corrected chi connectivity index (χ1v) is 6.82. The van der Waals surface area contributed by atoms with Crippen LogP contribution in [0.3, 0.4) is 0 Å². The van der Waals surface area contributed by atoms with Gasteiger partial charge in [-0.2, -0.15) is 0 Å².